The highest BCUT2D eigenvalue weighted by atomic mass is 19.4. The van der Waals surface area contributed by atoms with Crippen LogP contribution in [0.4, 0.5) is 26.3 Å². The van der Waals surface area contributed by atoms with Crippen molar-refractivity contribution < 1.29 is 41.0 Å². The van der Waals surface area contributed by atoms with E-state index in [9.17, 15) is 35.9 Å². The molecule has 132 valence electrons. The van der Waals surface area contributed by atoms with Crippen LogP contribution in [0.5, 0.6) is 0 Å². The van der Waals surface area contributed by atoms with Crippen molar-refractivity contribution in [2.24, 2.45) is 0 Å². The van der Waals surface area contributed by atoms with E-state index in [1.807, 2.05) is 5.32 Å². The minimum atomic E-state index is -5.11. The summed E-state index contributed by atoms with van der Waals surface area (Å²) >= 11 is 0. The molecule has 0 unspecified atom stereocenters. The largest absolute Gasteiger partial charge is 0.480 e. The predicted molar refractivity (Wildman–Crippen MR) is 70.2 cm³/mol. The van der Waals surface area contributed by atoms with E-state index < -0.39 is 47.0 Å². The molecule has 1 amide bonds. The lowest BCUT2D eigenvalue weighted by Crippen LogP contribution is -2.40. The molecule has 4 nitrogen and oxygen atoms in total. The minimum Gasteiger partial charge on any atom is -0.480 e. The molecule has 0 saturated heterocycles. The number of carboxylic acid groups (broad SMARTS) is 1. The first-order valence-corrected chi connectivity index (χ1v) is 6.30. The molecule has 1 rings (SSSR count). The van der Waals surface area contributed by atoms with Gasteiger partial charge in [0, 0.05) is 5.56 Å². The number of carbonyl (C=O) groups is 2. The first kappa shape index (κ1) is 19.5. The topological polar surface area (TPSA) is 66.4 Å². The summed E-state index contributed by atoms with van der Waals surface area (Å²) in [4.78, 5) is 22.7. The molecule has 0 fully saturated rings. The fourth-order valence-electron chi connectivity index (χ4n) is 1.72. The third kappa shape index (κ3) is 5.00. The van der Waals surface area contributed by atoms with Gasteiger partial charge in [-0.2, -0.15) is 26.3 Å². The number of rotatable bonds is 5. The van der Waals surface area contributed by atoms with Gasteiger partial charge in [0.05, 0.1) is 11.1 Å². The van der Waals surface area contributed by atoms with Crippen molar-refractivity contribution in [3.63, 3.8) is 0 Å². The summed E-state index contributed by atoms with van der Waals surface area (Å²) < 4.78 is 76.2. The van der Waals surface area contributed by atoms with Crippen LogP contribution in [-0.4, -0.2) is 23.0 Å². The molecule has 0 heterocycles. The van der Waals surface area contributed by atoms with Crippen molar-refractivity contribution >= 4 is 11.9 Å². The number of hydrogen-bond donors (Lipinski definition) is 2. The Bertz CT molecular complexity index is 619. The molecular formula is C14H11F6NO3. The van der Waals surface area contributed by atoms with E-state index >= 15 is 0 Å². The Morgan fingerprint density at radius 2 is 1.54 bits per heavy atom. The Labute approximate surface area is 131 Å². The van der Waals surface area contributed by atoms with Crippen LogP contribution >= 0.6 is 0 Å². The summed E-state index contributed by atoms with van der Waals surface area (Å²) in [6.45, 7) is 3.24. The van der Waals surface area contributed by atoms with Gasteiger partial charge in [0.2, 0.25) is 0 Å². The van der Waals surface area contributed by atoms with Crippen LogP contribution < -0.4 is 5.32 Å². The Morgan fingerprint density at radius 1 is 1.08 bits per heavy atom. The lowest BCUT2D eigenvalue weighted by molar-refractivity contribution is -0.143. The van der Waals surface area contributed by atoms with Crippen LogP contribution in [0.1, 0.15) is 27.9 Å². The molecule has 0 radical (unpaired) electrons. The Balaban J connectivity index is 3.29. The Morgan fingerprint density at radius 3 is 1.88 bits per heavy atom. The fourth-order valence-corrected chi connectivity index (χ4v) is 1.72. The van der Waals surface area contributed by atoms with E-state index in [-0.39, 0.29) is 24.6 Å². The molecule has 0 aromatic heterocycles. The van der Waals surface area contributed by atoms with Crippen molar-refractivity contribution in [2.45, 2.75) is 24.8 Å². The van der Waals surface area contributed by atoms with E-state index in [1.165, 1.54) is 0 Å². The van der Waals surface area contributed by atoms with Gasteiger partial charge in [0.15, 0.2) is 0 Å². The average Bonchev–Trinajstić information content (AvgIpc) is 2.44. The van der Waals surface area contributed by atoms with E-state index in [4.69, 9.17) is 5.11 Å². The van der Waals surface area contributed by atoms with Crippen LogP contribution in [0, 0.1) is 0 Å². The van der Waals surface area contributed by atoms with E-state index in [0.717, 1.165) is 6.08 Å². The zero-order valence-electron chi connectivity index (χ0n) is 11.8. The van der Waals surface area contributed by atoms with Crippen molar-refractivity contribution in [2.75, 3.05) is 0 Å². The van der Waals surface area contributed by atoms with Crippen LogP contribution in [0.15, 0.2) is 30.9 Å². The van der Waals surface area contributed by atoms with Crippen molar-refractivity contribution in [1.29, 1.82) is 0 Å². The first-order valence-electron chi connectivity index (χ1n) is 6.30. The van der Waals surface area contributed by atoms with Gasteiger partial charge in [-0.3, -0.25) is 4.79 Å². The number of halogens is 6. The van der Waals surface area contributed by atoms with Crippen molar-refractivity contribution in [1.82, 2.24) is 5.32 Å². The van der Waals surface area contributed by atoms with Crippen LogP contribution in [0.3, 0.4) is 0 Å². The zero-order valence-corrected chi connectivity index (χ0v) is 11.8. The van der Waals surface area contributed by atoms with Gasteiger partial charge in [0.25, 0.3) is 5.91 Å². The quantitative estimate of drug-likeness (QED) is 0.628. The van der Waals surface area contributed by atoms with Crippen molar-refractivity contribution in [3.8, 4) is 0 Å². The number of amides is 1. The van der Waals surface area contributed by atoms with Crippen LogP contribution in [0.25, 0.3) is 0 Å². The Kier molecular flexibility index (Phi) is 5.64. The maximum Gasteiger partial charge on any atom is 0.416 e. The molecule has 10 heteroatoms. The summed E-state index contributed by atoms with van der Waals surface area (Å²) in [7, 11) is 0. The molecule has 0 aliphatic carbocycles. The third-order valence-electron chi connectivity index (χ3n) is 2.86. The van der Waals surface area contributed by atoms with Gasteiger partial charge in [-0.1, -0.05) is 6.08 Å². The molecule has 1 aromatic rings. The lowest BCUT2D eigenvalue weighted by Gasteiger charge is -2.16. The molecule has 0 saturated carbocycles. The molecule has 24 heavy (non-hydrogen) atoms. The molecule has 0 bridgehead atoms. The molecule has 0 aliphatic heterocycles. The molecule has 1 aromatic carbocycles. The number of nitrogens with one attached hydrogen (secondary N) is 1. The van der Waals surface area contributed by atoms with E-state index in [0.29, 0.717) is 0 Å². The molecular weight excluding hydrogens is 344 g/mol. The normalized spacial score (nSPS) is 13.2. The van der Waals surface area contributed by atoms with E-state index in [1.54, 1.807) is 0 Å². The monoisotopic (exact) mass is 355 g/mol. The summed E-state index contributed by atoms with van der Waals surface area (Å²) in [5.74, 6) is -2.88. The summed E-state index contributed by atoms with van der Waals surface area (Å²) in [6.07, 6.45) is -9.34. The number of hydrogen-bond acceptors (Lipinski definition) is 2. The number of carboxylic acids is 1. The third-order valence-corrected chi connectivity index (χ3v) is 2.86. The maximum absolute atomic E-state index is 12.7. The summed E-state index contributed by atoms with van der Waals surface area (Å²) in [5, 5.41) is 10.7. The number of carbonyl (C=O) groups excluding carboxylic acids is 1. The highest BCUT2D eigenvalue weighted by molar-refractivity contribution is 5.97. The molecule has 0 aliphatic rings. The van der Waals surface area contributed by atoms with E-state index in [2.05, 4.69) is 6.58 Å². The summed E-state index contributed by atoms with van der Waals surface area (Å²) in [6, 6.07) is -1.22. The molecule has 0 spiro atoms. The van der Waals surface area contributed by atoms with Crippen LogP contribution in [0.2, 0.25) is 0 Å². The van der Waals surface area contributed by atoms with Gasteiger partial charge < -0.3 is 10.4 Å². The maximum atomic E-state index is 12.7. The zero-order chi connectivity index (χ0) is 18.7. The van der Waals surface area contributed by atoms with Gasteiger partial charge in [-0.25, -0.2) is 4.79 Å². The highest BCUT2D eigenvalue weighted by Crippen LogP contribution is 2.36. The predicted octanol–water partition coefficient (Wildman–Crippen LogP) is 3.48. The molecule has 1 atom stereocenters. The summed E-state index contributed by atoms with van der Waals surface area (Å²) in [5.41, 5.74) is -4.29. The SMILES string of the molecule is C=CC[C@H](NC(=O)c1cc(C(F)(F)F)cc(C(F)(F)F)c1)C(=O)O. The first-order chi connectivity index (χ1) is 10.9. The number of aliphatic carboxylic acids is 1. The lowest BCUT2D eigenvalue weighted by atomic mass is 10.0. The van der Waals surface area contributed by atoms with Crippen LogP contribution in [-0.2, 0) is 17.1 Å². The molecule has 2 N–H and O–H groups in total. The van der Waals surface area contributed by atoms with Gasteiger partial charge >= 0.3 is 18.3 Å². The smallest absolute Gasteiger partial charge is 0.416 e. The highest BCUT2D eigenvalue weighted by Gasteiger charge is 2.37. The van der Waals surface area contributed by atoms with Gasteiger partial charge in [-0.15, -0.1) is 6.58 Å². The van der Waals surface area contributed by atoms with Gasteiger partial charge in [0.1, 0.15) is 6.04 Å². The second-order valence-corrected chi connectivity index (χ2v) is 4.68. The average molecular weight is 355 g/mol. The fraction of sp³-hybridized carbons (Fsp3) is 0.286. The number of benzene rings is 1. The minimum absolute atomic E-state index is 0.130. The Hall–Kier alpha value is -2.52. The second-order valence-electron chi connectivity index (χ2n) is 4.68. The van der Waals surface area contributed by atoms with Gasteiger partial charge in [-0.05, 0) is 24.6 Å². The van der Waals surface area contributed by atoms with Crippen molar-refractivity contribution in [3.05, 3.63) is 47.5 Å². The number of alkyl halides is 6. The standard InChI is InChI=1S/C14H11F6NO3/c1-2-3-10(12(23)24)21-11(22)7-4-8(13(15,16)17)6-9(5-7)14(18,19)20/h2,4-6,10H,1,3H2,(H,21,22)(H,23,24)/t10-/m0/s1. The second kappa shape index (κ2) is 6.93.